The lowest BCUT2D eigenvalue weighted by Gasteiger charge is -2.28. The van der Waals surface area contributed by atoms with Crippen molar-refractivity contribution in [1.29, 1.82) is 0 Å². The Morgan fingerprint density at radius 2 is 1.65 bits per heavy atom. The van der Waals surface area contributed by atoms with Crippen LogP contribution in [-0.4, -0.2) is 56.0 Å². The molecule has 0 atom stereocenters. The Kier molecular flexibility index (Phi) is 6.82. The Morgan fingerprint density at radius 1 is 0.912 bits per heavy atom. The number of thioether (sulfide) groups is 1. The zero-order valence-electron chi connectivity index (χ0n) is 18.5. The molecule has 4 aromatic rings. The van der Waals surface area contributed by atoms with E-state index in [-0.39, 0.29) is 5.95 Å². The summed E-state index contributed by atoms with van der Waals surface area (Å²) in [7, 11) is 0. The highest BCUT2D eigenvalue weighted by molar-refractivity contribution is 7.98. The van der Waals surface area contributed by atoms with Gasteiger partial charge in [0.15, 0.2) is 5.16 Å². The van der Waals surface area contributed by atoms with Gasteiger partial charge >= 0.3 is 0 Å². The summed E-state index contributed by atoms with van der Waals surface area (Å²) in [4.78, 5) is 15.3. The highest BCUT2D eigenvalue weighted by Gasteiger charge is 2.21. The second-order valence-corrected chi connectivity index (χ2v) is 8.61. The maximum absolute atomic E-state index is 5.95. The monoisotopic (exact) mass is 475 g/mol. The van der Waals surface area contributed by atoms with E-state index < -0.39 is 0 Å². The van der Waals surface area contributed by atoms with Gasteiger partial charge in [-0.25, -0.2) is 0 Å². The van der Waals surface area contributed by atoms with Crippen LogP contribution < -0.4 is 16.0 Å². The molecule has 0 saturated carbocycles. The van der Waals surface area contributed by atoms with Gasteiger partial charge < -0.3 is 20.7 Å². The summed E-state index contributed by atoms with van der Waals surface area (Å²) in [5.41, 5.74) is 8.01. The lowest BCUT2D eigenvalue weighted by atomic mass is 10.2. The first kappa shape index (κ1) is 22.1. The fourth-order valence-corrected chi connectivity index (χ4v) is 4.42. The van der Waals surface area contributed by atoms with Gasteiger partial charge in [0.2, 0.25) is 17.8 Å². The minimum atomic E-state index is 0.170. The minimum absolute atomic E-state index is 0.170. The van der Waals surface area contributed by atoms with Crippen molar-refractivity contribution in [3.8, 4) is 0 Å². The molecule has 0 radical (unpaired) electrons. The molecular weight excluding hydrogens is 450 g/mol. The van der Waals surface area contributed by atoms with Crippen LogP contribution in [0.25, 0.3) is 0 Å². The van der Waals surface area contributed by atoms with E-state index in [4.69, 9.17) is 10.5 Å². The molecule has 0 amide bonds. The largest absolute Gasteiger partial charge is 0.378 e. The molecule has 174 valence electrons. The molecule has 0 spiro atoms. The van der Waals surface area contributed by atoms with Gasteiger partial charge in [-0.1, -0.05) is 60.3 Å². The van der Waals surface area contributed by atoms with Crippen molar-refractivity contribution in [2.75, 3.05) is 42.3 Å². The summed E-state index contributed by atoms with van der Waals surface area (Å²) in [6.45, 7) is 3.61. The average molecular weight is 476 g/mol. The number of morpholine rings is 1. The number of nitrogens with zero attached hydrogens (tertiary/aromatic N) is 7. The Bertz CT molecular complexity index is 1210. The number of ether oxygens (including phenoxy) is 1. The molecule has 1 aliphatic heterocycles. The van der Waals surface area contributed by atoms with Gasteiger partial charge in [-0.2, -0.15) is 15.0 Å². The van der Waals surface area contributed by atoms with E-state index in [2.05, 4.69) is 52.1 Å². The Morgan fingerprint density at radius 3 is 2.41 bits per heavy atom. The number of para-hydroxylation sites is 1. The predicted molar refractivity (Wildman–Crippen MR) is 132 cm³/mol. The first-order valence-corrected chi connectivity index (χ1v) is 12.0. The van der Waals surface area contributed by atoms with Crippen molar-refractivity contribution in [3.05, 3.63) is 72.1 Å². The number of anilines is 4. The van der Waals surface area contributed by atoms with E-state index in [0.717, 1.165) is 29.9 Å². The highest BCUT2D eigenvalue weighted by Crippen LogP contribution is 2.26. The van der Waals surface area contributed by atoms with Crippen LogP contribution in [0.4, 0.5) is 23.5 Å². The number of nitrogen functional groups attached to an aromatic ring is 1. The van der Waals surface area contributed by atoms with Crippen LogP contribution in [-0.2, 0) is 17.0 Å². The maximum atomic E-state index is 5.95. The first-order chi connectivity index (χ1) is 16.7. The third-order valence-electron chi connectivity index (χ3n) is 5.23. The van der Waals surface area contributed by atoms with Crippen molar-refractivity contribution in [3.63, 3.8) is 0 Å². The predicted octanol–water partition coefficient (Wildman–Crippen LogP) is 2.97. The average Bonchev–Trinajstić information content (AvgIpc) is 3.26. The molecule has 0 aliphatic carbocycles. The van der Waals surface area contributed by atoms with E-state index in [1.807, 2.05) is 48.5 Å². The lowest BCUT2D eigenvalue weighted by molar-refractivity contribution is 0.121. The molecule has 1 saturated heterocycles. The van der Waals surface area contributed by atoms with Gasteiger partial charge in [0.25, 0.3) is 0 Å². The smallest absolute Gasteiger partial charge is 0.232 e. The number of benzene rings is 2. The quantitative estimate of drug-likeness (QED) is 0.368. The van der Waals surface area contributed by atoms with E-state index >= 15 is 0 Å². The molecule has 1 aliphatic rings. The highest BCUT2D eigenvalue weighted by atomic mass is 32.2. The lowest BCUT2D eigenvalue weighted by Crippen LogP contribution is -2.38. The van der Waals surface area contributed by atoms with Crippen LogP contribution in [0.2, 0.25) is 0 Å². The van der Waals surface area contributed by atoms with E-state index in [0.29, 0.717) is 37.3 Å². The van der Waals surface area contributed by atoms with Gasteiger partial charge in [0, 0.05) is 18.8 Å². The van der Waals surface area contributed by atoms with Crippen LogP contribution in [0, 0.1) is 0 Å². The summed E-state index contributed by atoms with van der Waals surface area (Å²) >= 11 is 1.52. The number of hydrogen-bond acceptors (Lipinski definition) is 10. The normalized spacial score (nSPS) is 13.7. The van der Waals surface area contributed by atoms with E-state index in [1.54, 1.807) is 0 Å². The Hall–Kier alpha value is -3.70. The van der Waals surface area contributed by atoms with Crippen LogP contribution in [0.15, 0.2) is 65.8 Å². The molecule has 11 heteroatoms. The number of nitrogens with two attached hydrogens (primary N) is 1. The van der Waals surface area contributed by atoms with Crippen LogP contribution in [0.3, 0.4) is 0 Å². The van der Waals surface area contributed by atoms with Crippen LogP contribution in [0.1, 0.15) is 11.4 Å². The standard InChI is InChI=1S/C23H25N9OS/c24-20-26-19(27-21(28-20)25-18-9-5-2-6-10-18)16-34-23-30-29-22(31-11-13-33-14-12-31)32(23)15-17-7-3-1-4-8-17/h1-10H,11-16H2,(H3,24,25,26,27,28). The first-order valence-electron chi connectivity index (χ1n) is 11.0. The summed E-state index contributed by atoms with van der Waals surface area (Å²) in [5, 5.41) is 13.0. The summed E-state index contributed by atoms with van der Waals surface area (Å²) < 4.78 is 7.65. The van der Waals surface area contributed by atoms with Gasteiger partial charge in [0.05, 0.1) is 25.5 Å². The third-order valence-corrected chi connectivity index (χ3v) is 6.20. The zero-order chi connectivity index (χ0) is 23.2. The van der Waals surface area contributed by atoms with Crippen molar-refractivity contribution in [2.24, 2.45) is 0 Å². The molecule has 3 heterocycles. The molecule has 3 N–H and O–H groups in total. The molecule has 2 aromatic heterocycles. The number of nitrogens with one attached hydrogen (secondary N) is 1. The summed E-state index contributed by atoms with van der Waals surface area (Å²) in [6.07, 6.45) is 0. The number of rotatable bonds is 8. The van der Waals surface area contributed by atoms with E-state index in [9.17, 15) is 0 Å². The molecule has 2 aromatic carbocycles. The zero-order valence-corrected chi connectivity index (χ0v) is 19.4. The number of aromatic nitrogens is 6. The third kappa shape index (κ3) is 5.43. The van der Waals surface area contributed by atoms with Crippen LogP contribution in [0.5, 0.6) is 0 Å². The molecule has 1 fully saturated rings. The van der Waals surface area contributed by atoms with Gasteiger partial charge in [-0.3, -0.25) is 4.57 Å². The molecule has 34 heavy (non-hydrogen) atoms. The summed E-state index contributed by atoms with van der Waals surface area (Å²) in [5.74, 6) is 2.47. The van der Waals surface area contributed by atoms with Crippen LogP contribution >= 0.6 is 11.8 Å². The van der Waals surface area contributed by atoms with Gasteiger partial charge in [-0.15, -0.1) is 10.2 Å². The second-order valence-electron chi connectivity index (χ2n) is 7.67. The summed E-state index contributed by atoms with van der Waals surface area (Å²) in [6, 6.07) is 20.0. The van der Waals surface area contributed by atoms with Gasteiger partial charge in [-0.05, 0) is 17.7 Å². The Labute approximate surface area is 201 Å². The van der Waals surface area contributed by atoms with Crippen molar-refractivity contribution >= 4 is 35.3 Å². The number of hydrogen-bond donors (Lipinski definition) is 2. The SMILES string of the molecule is Nc1nc(CSc2nnc(N3CCOCC3)n2Cc2ccccc2)nc(Nc2ccccc2)n1. The molecular formula is C23H25N9OS. The van der Waals surface area contributed by atoms with Gasteiger partial charge in [0.1, 0.15) is 5.82 Å². The molecule has 0 unspecified atom stereocenters. The minimum Gasteiger partial charge on any atom is -0.378 e. The molecule has 0 bridgehead atoms. The fraction of sp³-hybridized carbons (Fsp3) is 0.261. The van der Waals surface area contributed by atoms with Crippen molar-refractivity contribution in [1.82, 2.24) is 29.7 Å². The van der Waals surface area contributed by atoms with E-state index in [1.165, 1.54) is 17.3 Å². The fourth-order valence-electron chi connectivity index (χ4n) is 3.63. The Balaban J connectivity index is 1.36. The molecule has 10 nitrogen and oxygen atoms in total. The molecule has 5 rings (SSSR count). The van der Waals surface area contributed by atoms with Crippen molar-refractivity contribution in [2.45, 2.75) is 17.5 Å². The van der Waals surface area contributed by atoms with Crippen molar-refractivity contribution < 1.29 is 4.74 Å². The second kappa shape index (κ2) is 10.5. The topological polar surface area (TPSA) is 120 Å². The maximum Gasteiger partial charge on any atom is 0.232 e.